The highest BCUT2D eigenvalue weighted by Gasteiger charge is 2.12. The predicted molar refractivity (Wildman–Crippen MR) is 64.4 cm³/mol. The van der Waals surface area contributed by atoms with Crippen LogP contribution in [0, 0.1) is 5.41 Å². The van der Waals surface area contributed by atoms with E-state index >= 15 is 0 Å². The van der Waals surface area contributed by atoms with Gasteiger partial charge >= 0.3 is 0 Å². The van der Waals surface area contributed by atoms with Gasteiger partial charge in [-0.2, -0.15) is 0 Å². The van der Waals surface area contributed by atoms with Gasteiger partial charge in [0.15, 0.2) is 0 Å². The molecule has 0 unspecified atom stereocenters. The number of nitrogens with one attached hydrogen (secondary N) is 1. The van der Waals surface area contributed by atoms with Gasteiger partial charge in [0.05, 0.1) is 5.84 Å². The van der Waals surface area contributed by atoms with Crippen molar-refractivity contribution in [2.24, 2.45) is 0 Å². The summed E-state index contributed by atoms with van der Waals surface area (Å²) in [6.07, 6.45) is 1.62. The predicted octanol–water partition coefficient (Wildman–Crippen LogP) is 2.74. The maximum atomic E-state index is 7.39. The fourth-order valence-corrected chi connectivity index (χ4v) is 1.58. The molecule has 0 aliphatic rings. The van der Waals surface area contributed by atoms with Gasteiger partial charge in [-0.15, -0.1) is 0 Å². The summed E-state index contributed by atoms with van der Waals surface area (Å²) in [6.45, 7) is 13.6. The first-order valence-corrected chi connectivity index (χ1v) is 8.59. The molecule has 0 aromatic heterocycles. The van der Waals surface area contributed by atoms with Gasteiger partial charge in [-0.1, -0.05) is 26.2 Å². The van der Waals surface area contributed by atoms with E-state index < -0.39 is 8.07 Å². The molecule has 0 spiro atoms. The molecule has 0 heterocycles. The van der Waals surface area contributed by atoms with E-state index in [2.05, 4.69) is 26.2 Å². The van der Waals surface area contributed by atoms with Crippen molar-refractivity contribution in [3.63, 3.8) is 0 Å². The van der Waals surface area contributed by atoms with Gasteiger partial charge in [0.2, 0.25) is 0 Å². The molecule has 0 amide bonds. The molecule has 0 aliphatic heterocycles. The van der Waals surface area contributed by atoms with Crippen LogP contribution in [0.25, 0.3) is 0 Å². The average molecular weight is 214 g/mol. The fourth-order valence-electron chi connectivity index (χ4n) is 0.828. The average Bonchev–Trinajstić information content (AvgIpc) is 2.01. The molecular formula is C10H22N2OSi. The van der Waals surface area contributed by atoms with E-state index in [1.54, 1.807) is 18.0 Å². The maximum Gasteiger partial charge on any atom is 0.123 e. The SMILES string of the molecule is C=CN(COCC[Si](C)(C)C)C(C)=N. The molecule has 82 valence electrons. The number of hydrogen-bond acceptors (Lipinski definition) is 2. The molecule has 0 bridgehead atoms. The topological polar surface area (TPSA) is 36.3 Å². The quantitative estimate of drug-likeness (QED) is 0.243. The molecule has 0 saturated heterocycles. The van der Waals surface area contributed by atoms with E-state index in [1.165, 1.54) is 0 Å². The Morgan fingerprint density at radius 2 is 2.07 bits per heavy atom. The van der Waals surface area contributed by atoms with Gasteiger partial charge in [0.1, 0.15) is 6.73 Å². The standard InChI is InChI=1S/C10H22N2OSi/c1-6-12(10(2)11)9-13-7-8-14(3,4)5/h6,11H,1,7-9H2,2-5H3. The lowest BCUT2D eigenvalue weighted by atomic mass is 10.6. The van der Waals surface area contributed by atoms with Gasteiger partial charge in [0, 0.05) is 20.9 Å². The summed E-state index contributed by atoms with van der Waals surface area (Å²) in [5.74, 6) is 0.466. The van der Waals surface area contributed by atoms with Crippen LogP contribution < -0.4 is 0 Å². The van der Waals surface area contributed by atoms with Crippen LogP contribution in [0.15, 0.2) is 12.8 Å². The Bertz CT molecular complexity index is 199. The molecule has 4 heteroatoms. The molecular weight excluding hydrogens is 192 g/mol. The Kier molecular flexibility index (Phi) is 5.72. The number of amidine groups is 1. The third-order valence-electron chi connectivity index (χ3n) is 1.88. The Morgan fingerprint density at radius 3 is 2.43 bits per heavy atom. The van der Waals surface area contributed by atoms with Crippen molar-refractivity contribution in [2.45, 2.75) is 32.6 Å². The fraction of sp³-hybridized carbons (Fsp3) is 0.700. The minimum Gasteiger partial charge on any atom is -0.361 e. The van der Waals surface area contributed by atoms with Crippen molar-refractivity contribution < 1.29 is 4.74 Å². The molecule has 3 nitrogen and oxygen atoms in total. The van der Waals surface area contributed by atoms with Crippen LogP contribution in [0.5, 0.6) is 0 Å². The molecule has 0 aromatic carbocycles. The summed E-state index contributed by atoms with van der Waals surface area (Å²) in [4.78, 5) is 1.68. The molecule has 0 saturated carbocycles. The summed E-state index contributed by atoms with van der Waals surface area (Å²) in [5.41, 5.74) is 0. The van der Waals surface area contributed by atoms with Crippen LogP contribution in [0.2, 0.25) is 25.7 Å². The van der Waals surface area contributed by atoms with Crippen molar-refractivity contribution in [3.8, 4) is 0 Å². The third-order valence-corrected chi connectivity index (χ3v) is 3.58. The van der Waals surface area contributed by atoms with Crippen LogP contribution in [-0.2, 0) is 4.74 Å². The van der Waals surface area contributed by atoms with E-state index in [9.17, 15) is 0 Å². The zero-order valence-electron chi connectivity index (χ0n) is 9.76. The molecule has 0 atom stereocenters. The van der Waals surface area contributed by atoms with Crippen LogP contribution in [-0.4, -0.2) is 32.1 Å². The zero-order valence-corrected chi connectivity index (χ0v) is 10.8. The maximum absolute atomic E-state index is 7.39. The second-order valence-electron chi connectivity index (χ2n) is 4.59. The van der Waals surface area contributed by atoms with Crippen molar-refractivity contribution in [2.75, 3.05) is 13.3 Å². The summed E-state index contributed by atoms with van der Waals surface area (Å²) in [6, 6.07) is 1.16. The second-order valence-corrected chi connectivity index (χ2v) is 10.2. The first-order chi connectivity index (χ1) is 6.37. The van der Waals surface area contributed by atoms with E-state index in [1.807, 2.05) is 0 Å². The molecule has 0 aromatic rings. The number of hydrogen-bond donors (Lipinski definition) is 1. The Labute approximate surface area is 88.3 Å². The van der Waals surface area contributed by atoms with Crippen molar-refractivity contribution in [1.29, 1.82) is 5.41 Å². The van der Waals surface area contributed by atoms with Crippen LogP contribution >= 0.6 is 0 Å². The van der Waals surface area contributed by atoms with E-state index in [0.717, 1.165) is 12.7 Å². The van der Waals surface area contributed by atoms with Crippen LogP contribution in [0.3, 0.4) is 0 Å². The van der Waals surface area contributed by atoms with E-state index in [-0.39, 0.29) is 0 Å². The summed E-state index contributed by atoms with van der Waals surface area (Å²) < 4.78 is 5.47. The monoisotopic (exact) mass is 214 g/mol. The van der Waals surface area contributed by atoms with Gasteiger partial charge in [0.25, 0.3) is 0 Å². The third kappa shape index (κ3) is 6.86. The van der Waals surface area contributed by atoms with Gasteiger partial charge in [-0.05, 0) is 13.0 Å². The van der Waals surface area contributed by atoms with Gasteiger partial charge in [-0.3, -0.25) is 5.41 Å². The summed E-state index contributed by atoms with van der Waals surface area (Å²) >= 11 is 0. The summed E-state index contributed by atoms with van der Waals surface area (Å²) in [7, 11) is -0.990. The van der Waals surface area contributed by atoms with Gasteiger partial charge in [-0.25, -0.2) is 0 Å². The minimum atomic E-state index is -0.990. The van der Waals surface area contributed by atoms with Crippen molar-refractivity contribution in [1.82, 2.24) is 4.90 Å². The highest BCUT2D eigenvalue weighted by Crippen LogP contribution is 2.07. The summed E-state index contributed by atoms with van der Waals surface area (Å²) in [5, 5.41) is 7.39. The number of ether oxygens (including phenoxy) is 1. The molecule has 0 radical (unpaired) electrons. The van der Waals surface area contributed by atoms with Crippen molar-refractivity contribution >= 4 is 13.9 Å². The first-order valence-electron chi connectivity index (χ1n) is 4.89. The molecule has 0 rings (SSSR count). The molecule has 0 aliphatic carbocycles. The minimum absolute atomic E-state index is 0.448. The smallest absolute Gasteiger partial charge is 0.123 e. The van der Waals surface area contributed by atoms with E-state index in [4.69, 9.17) is 10.1 Å². The molecule has 0 fully saturated rings. The molecule has 1 N–H and O–H groups in total. The highest BCUT2D eigenvalue weighted by molar-refractivity contribution is 6.76. The molecule has 14 heavy (non-hydrogen) atoms. The van der Waals surface area contributed by atoms with Crippen LogP contribution in [0.1, 0.15) is 6.92 Å². The normalized spacial score (nSPS) is 11.1. The Morgan fingerprint density at radius 1 is 1.50 bits per heavy atom. The van der Waals surface area contributed by atoms with Crippen molar-refractivity contribution in [3.05, 3.63) is 12.8 Å². The zero-order chi connectivity index (χ0) is 11.2. The Balaban J connectivity index is 3.63. The first kappa shape index (κ1) is 13.4. The lowest BCUT2D eigenvalue weighted by Gasteiger charge is -2.20. The number of rotatable bonds is 6. The Hall–Kier alpha value is -0.613. The van der Waals surface area contributed by atoms with Gasteiger partial charge < -0.3 is 9.64 Å². The second kappa shape index (κ2) is 5.98. The lowest BCUT2D eigenvalue weighted by molar-refractivity contribution is 0.0930. The van der Waals surface area contributed by atoms with Crippen LogP contribution in [0.4, 0.5) is 0 Å². The van der Waals surface area contributed by atoms with E-state index in [0.29, 0.717) is 12.6 Å². The largest absolute Gasteiger partial charge is 0.361 e. The lowest BCUT2D eigenvalue weighted by Crippen LogP contribution is -2.27. The highest BCUT2D eigenvalue weighted by atomic mass is 28.3. The number of nitrogens with zero attached hydrogens (tertiary/aromatic N) is 1.